The van der Waals surface area contributed by atoms with E-state index in [9.17, 15) is 23.2 Å². The molecule has 39 heavy (non-hydrogen) atoms. The molecule has 6 N–H and O–H groups in total. The largest absolute Gasteiger partial charge is 0.469 e. The molecule has 206 valence electrons. The topological polar surface area (TPSA) is 177 Å². The van der Waals surface area contributed by atoms with Crippen LogP contribution < -0.4 is 15.5 Å². The lowest BCUT2D eigenvalue weighted by molar-refractivity contribution is 0.0467. The van der Waals surface area contributed by atoms with Gasteiger partial charge in [0.05, 0.1) is 23.2 Å². The molecule has 0 spiro atoms. The van der Waals surface area contributed by atoms with Crippen LogP contribution in [0, 0.1) is 0 Å². The molecule has 3 aliphatic rings. The Hall–Kier alpha value is -2.74. The molecule has 0 aliphatic carbocycles. The zero-order chi connectivity index (χ0) is 27.4. The van der Waals surface area contributed by atoms with E-state index in [1.807, 2.05) is 34.1 Å². The minimum absolute atomic E-state index is 0.0683. The molecule has 4 aromatic rings. The normalized spacial score (nSPS) is 20.2. The molecule has 0 radical (unpaired) electrons. The van der Waals surface area contributed by atoms with Crippen LogP contribution in [0.3, 0.4) is 0 Å². The molecule has 0 aromatic heterocycles. The SMILES string of the molecule is Nc1cc(N2CC(O)C2)c2ccc3c(N4CC(O)C4)cc(S(=O)(=O)N4CC(OP(=O)(O)O)C4)c4ccc1c2c34. The van der Waals surface area contributed by atoms with Crippen LogP contribution in [-0.4, -0.2) is 90.3 Å². The number of sulfonamides is 1. The molecule has 0 bridgehead atoms. The number of nitrogens with zero attached hydrogens (tertiary/aromatic N) is 3. The van der Waals surface area contributed by atoms with Gasteiger partial charge in [-0.15, -0.1) is 0 Å². The molecule has 14 heteroatoms. The third-order valence-corrected chi connectivity index (χ3v) is 10.4. The molecule has 0 saturated carbocycles. The first kappa shape index (κ1) is 25.2. The minimum atomic E-state index is -4.74. The van der Waals surface area contributed by atoms with Crippen LogP contribution in [0.15, 0.2) is 41.3 Å². The summed E-state index contributed by atoms with van der Waals surface area (Å²) in [6.45, 7) is 1.33. The highest BCUT2D eigenvalue weighted by atomic mass is 32.2. The quantitative estimate of drug-likeness (QED) is 0.126. The van der Waals surface area contributed by atoms with Gasteiger partial charge in [0.2, 0.25) is 10.0 Å². The number of nitrogens with two attached hydrogens (primary N) is 1. The van der Waals surface area contributed by atoms with E-state index in [1.165, 1.54) is 0 Å². The number of benzene rings is 4. The zero-order valence-electron chi connectivity index (χ0n) is 20.6. The van der Waals surface area contributed by atoms with Gasteiger partial charge in [-0.2, -0.15) is 4.31 Å². The molecule has 3 fully saturated rings. The molecular weight excluding hydrogens is 547 g/mol. The fourth-order valence-corrected chi connectivity index (χ4v) is 8.22. The van der Waals surface area contributed by atoms with Crippen molar-refractivity contribution in [3.63, 3.8) is 0 Å². The lowest BCUT2D eigenvalue weighted by Crippen LogP contribution is -2.54. The summed E-state index contributed by atoms with van der Waals surface area (Å²) in [5.41, 5.74) is 8.59. The van der Waals surface area contributed by atoms with Crippen LogP contribution in [0.25, 0.3) is 32.3 Å². The van der Waals surface area contributed by atoms with E-state index >= 15 is 0 Å². The summed E-state index contributed by atoms with van der Waals surface area (Å²) < 4.78 is 44.8. The summed E-state index contributed by atoms with van der Waals surface area (Å²) in [5.74, 6) is 0. The number of aliphatic hydroxyl groups is 2. The maximum absolute atomic E-state index is 13.9. The van der Waals surface area contributed by atoms with Gasteiger partial charge in [0.1, 0.15) is 0 Å². The van der Waals surface area contributed by atoms with Crippen LogP contribution in [0.5, 0.6) is 0 Å². The number of nitrogen functional groups attached to an aromatic ring is 1. The lowest BCUT2D eigenvalue weighted by atomic mass is 9.90. The second kappa shape index (κ2) is 8.38. The number of rotatable bonds is 6. The second-order valence-electron chi connectivity index (χ2n) is 10.6. The molecule has 12 nitrogen and oxygen atoms in total. The maximum Gasteiger partial charge on any atom is 0.469 e. The van der Waals surface area contributed by atoms with Crippen molar-refractivity contribution in [2.45, 2.75) is 23.2 Å². The van der Waals surface area contributed by atoms with E-state index in [4.69, 9.17) is 15.5 Å². The van der Waals surface area contributed by atoms with Crippen LogP contribution in [0.4, 0.5) is 17.1 Å². The number of anilines is 3. The number of phosphoric acid groups is 1. The number of phosphoric ester groups is 1. The third kappa shape index (κ3) is 3.88. The van der Waals surface area contributed by atoms with Gasteiger partial charge in [-0.1, -0.05) is 24.3 Å². The first-order valence-electron chi connectivity index (χ1n) is 12.5. The predicted molar refractivity (Wildman–Crippen MR) is 147 cm³/mol. The van der Waals surface area contributed by atoms with Crippen molar-refractivity contribution in [2.75, 3.05) is 54.8 Å². The van der Waals surface area contributed by atoms with Crippen molar-refractivity contribution in [3.05, 3.63) is 36.4 Å². The smallest absolute Gasteiger partial charge is 0.398 e. The molecule has 7 rings (SSSR count). The van der Waals surface area contributed by atoms with Gasteiger partial charge >= 0.3 is 7.82 Å². The molecule has 4 aromatic carbocycles. The van der Waals surface area contributed by atoms with Gasteiger partial charge < -0.3 is 35.5 Å². The van der Waals surface area contributed by atoms with Gasteiger partial charge in [-0.05, 0) is 12.1 Å². The summed E-state index contributed by atoms with van der Waals surface area (Å²) in [7, 11) is -8.81. The molecule has 3 heterocycles. The molecule has 3 saturated heterocycles. The van der Waals surface area contributed by atoms with E-state index < -0.39 is 36.2 Å². The minimum Gasteiger partial charge on any atom is -0.398 e. The van der Waals surface area contributed by atoms with Crippen molar-refractivity contribution >= 4 is 67.2 Å². The Labute approximate surface area is 223 Å². The molecule has 0 amide bonds. The number of hydrogen-bond acceptors (Lipinski definition) is 9. The average Bonchev–Trinajstić information content (AvgIpc) is 2.80. The summed E-state index contributed by atoms with van der Waals surface area (Å²) in [5, 5.41) is 24.5. The summed E-state index contributed by atoms with van der Waals surface area (Å²) in [6.07, 6.45) is -1.83. The van der Waals surface area contributed by atoms with Crippen molar-refractivity contribution in [1.29, 1.82) is 0 Å². The van der Waals surface area contributed by atoms with E-state index in [2.05, 4.69) is 4.52 Å². The van der Waals surface area contributed by atoms with Crippen LogP contribution in [0.2, 0.25) is 0 Å². The third-order valence-electron chi connectivity index (χ3n) is 7.97. The zero-order valence-corrected chi connectivity index (χ0v) is 22.3. The monoisotopic (exact) mass is 574 g/mol. The van der Waals surface area contributed by atoms with E-state index in [0.29, 0.717) is 42.9 Å². The highest BCUT2D eigenvalue weighted by Gasteiger charge is 2.42. The van der Waals surface area contributed by atoms with Crippen LogP contribution >= 0.6 is 7.82 Å². The van der Waals surface area contributed by atoms with Crippen LogP contribution in [-0.2, 0) is 19.1 Å². The fourth-order valence-electron chi connectivity index (χ4n) is 5.99. The molecule has 3 aliphatic heterocycles. The van der Waals surface area contributed by atoms with E-state index in [0.717, 1.165) is 36.9 Å². The second-order valence-corrected chi connectivity index (χ2v) is 13.7. The van der Waals surface area contributed by atoms with E-state index in [1.54, 1.807) is 12.1 Å². The van der Waals surface area contributed by atoms with Crippen molar-refractivity contribution < 1.29 is 37.5 Å². The lowest BCUT2D eigenvalue weighted by Gasteiger charge is -2.41. The standard InChI is InChI=1S/C25H27N4O8PS/c26-20-5-21(27-7-13(30)8-27)17-2-3-18-22(28-9-14(31)10-28)6-23(19-4-1-16(20)24(17)25(18)19)39(35,36)29-11-15(12-29)37-38(32,33)34/h1-6,13-15,30-31H,7-12,26H2,(H2,32,33,34). The van der Waals surface area contributed by atoms with Gasteiger partial charge in [0.25, 0.3) is 0 Å². The van der Waals surface area contributed by atoms with Crippen molar-refractivity contribution in [1.82, 2.24) is 4.31 Å². The summed E-state index contributed by atoms with van der Waals surface area (Å²) in [4.78, 5) is 22.2. The Morgan fingerprint density at radius 3 is 1.82 bits per heavy atom. The van der Waals surface area contributed by atoms with Crippen molar-refractivity contribution in [2.24, 2.45) is 0 Å². The first-order chi connectivity index (χ1) is 18.4. The Balaban J connectivity index is 1.44. The molecule has 0 unspecified atom stereocenters. The Bertz CT molecular complexity index is 1790. The molecular formula is C25H27N4O8PS. The average molecular weight is 575 g/mol. The van der Waals surface area contributed by atoms with Gasteiger partial charge in [0, 0.05) is 88.6 Å². The Morgan fingerprint density at radius 1 is 0.795 bits per heavy atom. The summed E-state index contributed by atoms with van der Waals surface area (Å²) in [6, 6.07) is 11.0. The number of hydrogen-bond donors (Lipinski definition) is 5. The predicted octanol–water partition coefficient (Wildman–Crippen LogP) is 1.01. The highest BCUT2D eigenvalue weighted by molar-refractivity contribution is 7.89. The Morgan fingerprint density at radius 2 is 1.28 bits per heavy atom. The van der Waals surface area contributed by atoms with Crippen molar-refractivity contribution in [3.8, 4) is 0 Å². The number of β-amino-alcohol motifs (C(OH)–C–C–N with tert-alkyl or cyclic N) is 2. The Kier molecular flexibility index (Phi) is 5.43. The fraction of sp³-hybridized carbons (Fsp3) is 0.360. The van der Waals surface area contributed by atoms with E-state index in [-0.39, 0.29) is 18.0 Å². The van der Waals surface area contributed by atoms with Gasteiger partial charge in [-0.3, -0.25) is 4.52 Å². The first-order valence-corrected chi connectivity index (χ1v) is 15.5. The van der Waals surface area contributed by atoms with Gasteiger partial charge in [-0.25, -0.2) is 13.0 Å². The number of aliphatic hydroxyl groups excluding tert-OH is 2. The highest BCUT2D eigenvalue weighted by Crippen LogP contribution is 2.48. The maximum atomic E-state index is 13.9. The van der Waals surface area contributed by atoms with Gasteiger partial charge in [0.15, 0.2) is 0 Å². The molecule has 0 atom stereocenters. The summed E-state index contributed by atoms with van der Waals surface area (Å²) >= 11 is 0. The van der Waals surface area contributed by atoms with Crippen LogP contribution in [0.1, 0.15) is 0 Å².